The third-order valence-corrected chi connectivity index (χ3v) is 5.11. The van der Waals surface area contributed by atoms with Crippen molar-refractivity contribution in [2.45, 2.75) is 13.8 Å². The van der Waals surface area contributed by atoms with E-state index in [1.807, 2.05) is 0 Å². The molecule has 150 valence electrons. The van der Waals surface area contributed by atoms with Gasteiger partial charge in [0.25, 0.3) is 0 Å². The highest BCUT2D eigenvalue weighted by atomic mass is 16.5. The molecule has 6 heteroatoms. The summed E-state index contributed by atoms with van der Waals surface area (Å²) in [5.74, 6) is -5.10. The number of hydrogen-bond acceptors (Lipinski definition) is 6. The highest BCUT2D eigenvalue weighted by molar-refractivity contribution is 6.28. The van der Waals surface area contributed by atoms with Gasteiger partial charge in [0.1, 0.15) is 5.41 Å². The third kappa shape index (κ3) is 3.46. The second-order valence-corrected chi connectivity index (χ2v) is 6.72. The van der Waals surface area contributed by atoms with E-state index >= 15 is 0 Å². The highest BCUT2D eigenvalue weighted by Crippen LogP contribution is 2.63. The van der Waals surface area contributed by atoms with Crippen LogP contribution in [0.25, 0.3) is 0 Å². The van der Waals surface area contributed by atoms with Crippen molar-refractivity contribution in [2.24, 2.45) is 17.3 Å². The summed E-state index contributed by atoms with van der Waals surface area (Å²) in [7, 11) is 0. The molecule has 1 fully saturated rings. The summed E-state index contributed by atoms with van der Waals surface area (Å²) in [4.78, 5) is 52.4. The van der Waals surface area contributed by atoms with Crippen LogP contribution < -0.4 is 0 Å². The normalized spacial score (nSPS) is 19.1. The summed E-state index contributed by atoms with van der Waals surface area (Å²) in [6.07, 6.45) is 0. The fourth-order valence-electron chi connectivity index (χ4n) is 3.82. The van der Waals surface area contributed by atoms with Gasteiger partial charge in [-0.1, -0.05) is 60.7 Å². The number of rotatable bonds is 8. The molecule has 3 rings (SSSR count). The molecule has 1 aliphatic rings. The lowest BCUT2D eigenvalue weighted by molar-refractivity contribution is -0.150. The fourth-order valence-corrected chi connectivity index (χ4v) is 3.82. The molecule has 1 aliphatic carbocycles. The summed E-state index contributed by atoms with van der Waals surface area (Å²) in [6, 6.07) is 16.4. The monoisotopic (exact) mass is 394 g/mol. The summed E-state index contributed by atoms with van der Waals surface area (Å²) >= 11 is 0. The zero-order valence-electron chi connectivity index (χ0n) is 16.3. The quantitative estimate of drug-likeness (QED) is 0.388. The van der Waals surface area contributed by atoms with Crippen LogP contribution >= 0.6 is 0 Å². The number of esters is 2. The van der Waals surface area contributed by atoms with Crippen LogP contribution in [0.2, 0.25) is 0 Å². The zero-order valence-corrected chi connectivity index (χ0v) is 16.3. The van der Waals surface area contributed by atoms with E-state index in [4.69, 9.17) is 9.47 Å². The minimum Gasteiger partial charge on any atom is -0.466 e. The Hall–Kier alpha value is -3.28. The molecule has 0 radical (unpaired) electrons. The SMILES string of the molecule is CCOC(=O)[C@H]1[C@H](C(=O)OCC)C1(C(=O)c1ccccc1)C(=O)c1ccccc1. The maximum Gasteiger partial charge on any atom is 0.311 e. The maximum absolute atomic E-state index is 13.5. The number of carbonyl (C=O) groups is 4. The summed E-state index contributed by atoms with van der Waals surface area (Å²) < 4.78 is 10.2. The molecule has 6 nitrogen and oxygen atoms in total. The third-order valence-electron chi connectivity index (χ3n) is 5.11. The minimum absolute atomic E-state index is 0.0695. The van der Waals surface area contributed by atoms with Gasteiger partial charge >= 0.3 is 11.9 Å². The summed E-state index contributed by atoms with van der Waals surface area (Å²) in [5, 5.41) is 0. The Bertz CT molecular complexity index is 841. The average molecular weight is 394 g/mol. The van der Waals surface area contributed by atoms with Gasteiger partial charge in [0.05, 0.1) is 25.0 Å². The van der Waals surface area contributed by atoms with E-state index in [1.54, 1.807) is 74.5 Å². The average Bonchev–Trinajstić information content (AvgIpc) is 3.46. The lowest BCUT2D eigenvalue weighted by atomic mass is 9.83. The smallest absolute Gasteiger partial charge is 0.311 e. The first-order valence-electron chi connectivity index (χ1n) is 9.53. The Morgan fingerprint density at radius 3 is 1.34 bits per heavy atom. The first kappa shape index (κ1) is 20.5. The molecule has 29 heavy (non-hydrogen) atoms. The van der Waals surface area contributed by atoms with Gasteiger partial charge in [0.2, 0.25) is 0 Å². The Morgan fingerprint density at radius 2 is 1.03 bits per heavy atom. The van der Waals surface area contributed by atoms with Gasteiger partial charge in [-0.2, -0.15) is 0 Å². The molecule has 2 aromatic carbocycles. The lowest BCUT2D eigenvalue weighted by Crippen LogP contribution is -2.33. The van der Waals surface area contributed by atoms with Crippen LogP contribution in [0.3, 0.4) is 0 Å². The minimum atomic E-state index is -1.87. The van der Waals surface area contributed by atoms with E-state index in [-0.39, 0.29) is 24.3 Å². The van der Waals surface area contributed by atoms with Crippen LogP contribution in [0, 0.1) is 17.3 Å². The first-order chi connectivity index (χ1) is 14.0. The molecule has 0 spiro atoms. The molecule has 1 saturated carbocycles. The summed E-state index contributed by atoms with van der Waals surface area (Å²) in [6.45, 7) is 3.39. The van der Waals surface area contributed by atoms with Gasteiger partial charge < -0.3 is 9.47 Å². The van der Waals surface area contributed by atoms with Crippen LogP contribution in [0.15, 0.2) is 60.7 Å². The van der Waals surface area contributed by atoms with Crippen LogP contribution in [0.1, 0.15) is 34.6 Å². The largest absolute Gasteiger partial charge is 0.466 e. The Morgan fingerprint density at radius 1 is 0.690 bits per heavy atom. The van der Waals surface area contributed by atoms with Crippen molar-refractivity contribution in [3.05, 3.63) is 71.8 Å². The molecule has 0 amide bonds. The maximum atomic E-state index is 13.5. The van der Waals surface area contributed by atoms with Crippen LogP contribution in [-0.4, -0.2) is 36.7 Å². The van der Waals surface area contributed by atoms with E-state index in [9.17, 15) is 19.2 Å². The van der Waals surface area contributed by atoms with Crippen molar-refractivity contribution >= 4 is 23.5 Å². The summed E-state index contributed by atoms with van der Waals surface area (Å²) in [5.41, 5.74) is -1.38. The van der Waals surface area contributed by atoms with Gasteiger partial charge in [-0.05, 0) is 13.8 Å². The molecule has 0 N–H and O–H groups in total. The number of Topliss-reactive ketones (excluding diaryl/α,β-unsaturated/α-hetero) is 2. The molecular formula is C23H22O6. The van der Waals surface area contributed by atoms with Gasteiger partial charge in [-0.15, -0.1) is 0 Å². The zero-order chi connectivity index (χ0) is 21.0. The van der Waals surface area contributed by atoms with Crippen molar-refractivity contribution in [3.63, 3.8) is 0 Å². The van der Waals surface area contributed by atoms with E-state index in [2.05, 4.69) is 0 Å². The number of ketones is 2. The second kappa shape index (κ2) is 8.39. The fraction of sp³-hybridized carbons (Fsp3) is 0.304. The molecule has 0 saturated heterocycles. The standard InChI is InChI=1S/C23H22O6/c1-3-28-21(26)17-18(22(27)29-4-2)23(17,19(24)15-11-7-5-8-12-15)20(25)16-13-9-6-10-14-16/h5-14,17-18H,3-4H2,1-2H3/t17-,18-/m1/s1. The van der Waals surface area contributed by atoms with Crippen LogP contribution in [0.4, 0.5) is 0 Å². The first-order valence-corrected chi connectivity index (χ1v) is 9.53. The molecule has 0 bridgehead atoms. The Kier molecular flexibility index (Phi) is 5.92. The van der Waals surface area contributed by atoms with Gasteiger partial charge in [0, 0.05) is 11.1 Å². The van der Waals surface area contributed by atoms with Crippen molar-refractivity contribution in [2.75, 3.05) is 13.2 Å². The molecular weight excluding hydrogens is 372 g/mol. The van der Waals surface area contributed by atoms with Gasteiger partial charge in [-0.25, -0.2) is 0 Å². The van der Waals surface area contributed by atoms with E-state index in [0.29, 0.717) is 0 Å². The molecule has 0 heterocycles. The number of benzene rings is 2. The van der Waals surface area contributed by atoms with E-state index in [0.717, 1.165) is 0 Å². The lowest BCUT2D eigenvalue weighted by Gasteiger charge is -2.16. The van der Waals surface area contributed by atoms with Crippen LogP contribution in [-0.2, 0) is 19.1 Å². The molecule has 0 aromatic heterocycles. The number of carbonyl (C=O) groups excluding carboxylic acids is 4. The van der Waals surface area contributed by atoms with Crippen LogP contribution in [0.5, 0.6) is 0 Å². The van der Waals surface area contributed by atoms with Crippen molar-refractivity contribution in [1.29, 1.82) is 0 Å². The molecule has 0 unspecified atom stereocenters. The van der Waals surface area contributed by atoms with E-state index in [1.165, 1.54) is 0 Å². The van der Waals surface area contributed by atoms with Crippen molar-refractivity contribution in [1.82, 2.24) is 0 Å². The van der Waals surface area contributed by atoms with E-state index < -0.39 is 40.8 Å². The van der Waals surface area contributed by atoms with Gasteiger partial charge in [0.15, 0.2) is 11.6 Å². The molecule has 2 aromatic rings. The number of ether oxygens (including phenoxy) is 2. The number of hydrogen-bond donors (Lipinski definition) is 0. The predicted molar refractivity (Wildman–Crippen MR) is 104 cm³/mol. The molecule has 2 atom stereocenters. The van der Waals surface area contributed by atoms with Crippen molar-refractivity contribution < 1.29 is 28.7 Å². The predicted octanol–water partition coefficient (Wildman–Crippen LogP) is 3.11. The Balaban J connectivity index is 2.15. The van der Waals surface area contributed by atoms with Crippen molar-refractivity contribution in [3.8, 4) is 0 Å². The Labute approximate surface area is 168 Å². The van der Waals surface area contributed by atoms with Gasteiger partial charge in [-0.3, -0.25) is 19.2 Å². The molecule has 0 aliphatic heterocycles. The topological polar surface area (TPSA) is 86.7 Å². The second-order valence-electron chi connectivity index (χ2n) is 6.72. The highest BCUT2D eigenvalue weighted by Gasteiger charge is 2.80.